The molecule has 84 valence electrons. The van der Waals surface area contributed by atoms with Gasteiger partial charge in [-0.25, -0.2) is 0 Å². The predicted molar refractivity (Wildman–Crippen MR) is 34.3 cm³/mol. The molecule has 0 aromatic heterocycles. The maximum absolute atomic E-state index is 11.7. The van der Waals surface area contributed by atoms with Crippen molar-refractivity contribution in [2.24, 2.45) is 0 Å². The van der Waals surface area contributed by atoms with Crippen LogP contribution in [0.1, 0.15) is 0 Å². The molecule has 0 aliphatic carbocycles. The zero-order valence-corrected chi connectivity index (χ0v) is 8.18. The van der Waals surface area contributed by atoms with E-state index in [4.69, 9.17) is 0 Å². The summed E-state index contributed by atoms with van der Waals surface area (Å²) in [5, 5.41) is 0. The SMILES string of the molecule is CP(=O)(O[P+](=O)C(F)(F)F)C(F)(F)F. The summed E-state index contributed by atoms with van der Waals surface area (Å²) in [6.45, 7) is -0.0774. The normalized spacial score (nSPS) is 18.9. The molecule has 0 saturated carbocycles. The molecule has 0 spiro atoms. The molecule has 0 aromatic carbocycles. The first kappa shape index (κ1) is 13.9. The first-order valence-electron chi connectivity index (χ1n) is 2.76. The van der Waals surface area contributed by atoms with Crippen LogP contribution in [0.3, 0.4) is 0 Å². The van der Waals surface area contributed by atoms with Crippen molar-refractivity contribution in [3.05, 3.63) is 0 Å². The highest BCUT2D eigenvalue weighted by atomic mass is 31.2. The molecule has 0 saturated heterocycles. The molecule has 0 bridgehead atoms. The summed E-state index contributed by atoms with van der Waals surface area (Å²) in [7, 11) is -10.1. The summed E-state index contributed by atoms with van der Waals surface area (Å²) >= 11 is 0. The second-order valence-corrected chi connectivity index (χ2v) is 5.99. The number of halogens is 6. The van der Waals surface area contributed by atoms with Gasteiger partial charge in [-0.05, 0) is 4.57 Å². The Morgan fingerprint density at radius 2 is 1.50 bits per heavy atom. The quantitative estimate of drug-likeness (QED) is 0.563. The molecule has 0 fully saturated rings. The van der Waals surface area contributed by atoms with E-state index in [2.05, 4.69) is 4.31 Å². The molecule has 0 N–H and O–H groups in total. The summed E-state index contributed by atoms with van der Waals surface area (Å²) in [6, 6.07) is 0. The lowest BCUT2D eigenvalue weighted by molar-refractivity contribution is -0.0601. The average molecular weight is 263 g/mol. The summed E-state index contributed by atoms with van der Waals surface area (Å²) in [6.07, 6.45) is 0. The molecule has 0 amide bonds. The molecular weight excluding hydrogens is 260 g/mol. The van der Waals surface area contributed by atoms with Crippen molar-refractivity contribution in [1.29, 1.82) is 0 Å². The largest absolute Gasteiger partial charge is 0.640 e. The monoisotopic (exact) mass is 263 g/mol. The molecule has 0 aliphatic rings. The Labute approximate surface area is 74.7 Å². The van der Waals surface area contributed by atoms with E-state index in [1.54, 1.807) is 0 Å². The summed E-state index contributed by atoms with van der Waals surface area (Å²) in [5.74, 6) is -10.9. The Balaban J connectivity index is 4.72. The van der Waals surface area contributed by atoms with Crippen LogP contribution < -0.4 is 0 Å². The van der Waals surface area contributed by atoms with Crippen molar-refractivity contribution in [2.75, 3.05) is 6.66 Å². The fourth-order valence-electron chi connectivity index (χ4n) is 0.234. The van der Waals surface area contributed by atoms with E-state index in [1.165, 1.54) is 0 Å². The minimum atomic E-state index is -5.53. The van der Waals surface area contributed by atoms with Gasteiger partial charge in [0.25, 0.3) is 0 Å². The predicted octanol–water partition coefficient (Wildman–Crippen LogP) is 3.69. The van der Waals surface area contributed by atoms with Crippen molar-refractivity contribution in [2.45, 2.75) is 11.8 Å². The Hall–Kier alpha value is -0.130. The minimum Gasteiger partial charge on any atom is -0.279 e. The zero-order chi connectivity index (χ0) is 11.8. The van der Waals surface area contributed by atoms with Crippen LogP contribution in [-0.2, 0) is 13.4 Å². The highest BCUT2D eigenvalue weighted by Gasteiger charge is 2.64. The third-order valence-corrected chi connectivity index (χ3v) is 4.07. The lowest BCUT2D eigenvalue weighted by Crippen LogP contribution is -2.10. The van der Waals surface area contributed by atoms with Crippen LogP contribution in [0.2, 0.25) is 0 Å². The molecule has 0 heterocycles. The fourth-order valence-corrected chi connectivity index (χ4v) is 2.11. The van der Waals surface area contributed by atoms with Crippen molar-refractivity contribution in [3.63, 3.8) is 0 Å². The smallest absolute Gasteiger partial charge is 0.279 e. The van der Waals surface area contributed by atoms with Gasteiger partial charge in [0.2, 0.25) is 0 Å². The fraction of sp³-hybridized carbons (Fsp3) is 1.00. The van der Waals surface area contributed by atoms with Crippen LogP contribution in [0.15, 0.2) is 0 Å². The second kappa shape index (κ2) is 3.79. The number of rotatable bonds is 2. The van der Waals surface area contributed by atoms with Crippen molar-refractivity contribution >= 4 is 15.4 Å². The van der Waals surface area contributed by atoms with Gasteiger partial charge in [-0.1, -0.05) is 4.31 Å². The van der Waals surface area contributed by atoms with Gasteiger partial charge in [-0.2, -0.15) is 13.2 Å². The maximum atomic E-state index is 11.7. The van der Waals surface area contributed by atoms with Crippen molar-refractivity contribution in [1.82, 2.24) is 0 Å². The van der Waals surface area contributed by atoms with E-state index in [-0.39, 0.29) is 6.66 Å². The van der Waals surface area contributed by atoms with Crippen LogP contribution in [-0.4, -0.2) is 18.5 Å². The lowest BCUT2D eigenvalue weighted by Gasteiger charge is -2.09. The molecule has 2 unspecified atom stereocenters. The summed E-state index contributed by atoms with van der Waals surface area (Å²) in [4.78, 5) is 0. The van der Waals surface area contributed by atoms with Gasteiger partial charge < -0.3 is 0 Å². The zero-order valence-electron chi connectivity index (χ0n) is 6.39. The summed E-state index contributed by atoms with van der Waals surface area (Å²) in [5.41, 5.74) is 0. The molecule has 0 rings (SSSR count). The van der Waals surface area contributed by atoms with Crippen LogP contribution in [0, 0.1) is 0 Å². The Morgan fingerprint density at radius 1 is 1.14 bits per heavy atom. The molecule has 0 aromatic rings. The molecule has 3 nitrogen and oxygen atoms in total. The molecule has 2 atom stereocenters. The molecular formula is C3H3F6O3P2+. The van der Waals surface area contributed by atoms with Gasteiger partial charge in [0.15, 0.2) is 0 Å². The number of hydrogen-bond donors (Lipinski definition) is 0. The Morgan fingerprint density at radius 3 is 1.71 bits per heavy atom. The highest BCUT2D eigenvalue weighted by Crippen LogP contribution is 2.66. The van der Waals surface area contributed by atoms with Gasteiger partial charge in [-0.3, -0.25) is 4.57 Å². The van der Waals surface area contributed by atoms with Gasteiger partial charge in [0.05, 0.1) is 0 Å². The van der Waals surface area contributed by atoms with Crippen molar-refractivity contribution < 1.29 is 39.8 Å². The Bertz CT molecular complexity index is 279. The van der Waals surface area contributed by atoms with E-state index >= 15 is 0 Å². The Kier molecular flexibility index (Phi) is 3.76. The number of alkyl halides is 6. The molecule has 0 aliphatic heterocycles. The minimum absolute atomic E-state index is 0.0774. The van der Waals surface area contributed by atoms with Gasteiger partial charge >= 0.3 is 27.2 Å². The lowest BCUT2D eigenvalue weighted by atomic mass is 11.5. The van der Waals surface area contributed by atoms with E-state index < -0.39 is 27.2 Å². The second-order valence-electron chi connectivity index (χ2n) is 2.12. The van der Waals surface area contributed by atoms with Crippen molar-refractivity contribution in [3.8, 4) is 0 Å². The third kappa shape index (κ3) is 3.55. The highest BCUT2D eigenvalue weighted by molar-refractivity contribution is 7.66. The standard InChI is InChI=1S/C3H3F6O3P2/c1-14(11,3(7,8)9)12-13(10)2(4,5)6/h1H3/q+1. The van der Waals surface area contributed by atoms with Crippen LogP contribution in [0.5, 0.6) is 0 Å². The first-order chi connectivity index (χ1) is 5.88. The number of hydrogen-bond acceptors (Lipinski definition) is 3. The average Bonchev–Trinajstić information content (AvgIpc) is 1.80. The van der Waals surface area contributed by atoms with Crippen LogP contribution in [0.25, 0.3) is 0 Å². The van der Waals surface area contributed by atoms with E-state index in [0.717, 1.165) is 0 Å². The van der Waals surface area contributed by atoms with E-state index in [9.17, 15) is 35.5 Å². The van der Waals surface area contributed by atoms with Crippen LogP contribution in [0.4, 0.5) is 26.3 Å². The topological polar surface area (TPSA) is 43.4 Å². The van der Waals surface area contributed by atoms with E-state index in [0.29, 0.717) is 0 Å². The maximum Gasteiger partial charge on any atom is 0.640 e. The molecule has 0 radical (unpaired) electrons. The van der Waals surface area contributed by atoms with Gasteiger partial charge in [0.1, 0.15) is 0 Å². The van der Waals surface area contributed by atoms with E-state index in [1.807, 2.05) is 0 Å². The summed E-state index contributed by atoms with van der Waals surface area (Å²) < 4.78 is 93.0. The first-order valence-corrected chi connectivity index (χ1v) is 6.01. The van der Waals surface area contributed by atoms with Crippen LogP contribution >= 0.6 is 15.4 Å². The molecule has 14 heavy (non-hydrogen) atoms. The third-order valence-electron chi connectivity index (χ3n) is 0.898. The van der Waals surface area contributed by atoms with Gasteiger partial charge in [-0.15, -0.1) is 13.2 Å². The van der Waals surface area contributed by atoms with Gasteiger partial charge in [0, 0.05) is 6.66 Å². The molecule has 11 heteroatoms.